The Morgan fingerprint density at radius 3 is 2.86 bits per heavy atom. The zero-order valence-electron chi connectivity index (χ0n) is 22.3. The zero-order valence-corrected chi connectivity index (χ0v) is 23.1. The molecule has 0 radical (unpaired) electrons. The van der Waals surface area contributed by atoms with Gasteiger partial charge in [-0.05, 0) is 84.0 Å². The molecule has 1 unspecified atom stereocenters. The van der Waals surface area contributed by atoms with Crippen molar-refractivity contribution in [2.75, 3.05) is 27.7 Å². The number of nitrogens with one attached hydrogen (secondary N) is 1. The Morgan fingerprint density at radius 1 is 1.32 bits per heavy atom. The molecule has 2 aromatic heterocycles. The molecule has 2 fully saturated rings. The van der Waals surface area contributed by atoms with E-state index < -0.39 is 0 Å². The van der Waals surface area contributed by atoms with E-state index in [0.29, 0.717) is 12.1 Å². The van der Waals surface area contributed by atoms with E-state index in [1.54, 1.807) is 23.9 Å². The molecule has 4 heterocycles. The van der Waals surface area contributed by atoms with Crippen LogP contribution in [0.25, 0.3) is 6.08 Å². The number of thiophene rings is 1. The summed E-state index contributed by atoms with van der Waals surface area (Å²) in [4.78, 5) is 19.3. The van der Waals surface area contributed by atoms with E-state index in [9.17, 15) is 5.26 Å². The molecule has 8 nitrogen and oxygen atoms in total. The second kappa shape index (κ2) is 10.8. The van der Waals surface area contributed by atoms with Gasteiger partial charge in [0.1, 0.15) is 17.2 Å². The highest BCUT2D eigenvalue weighted by Gasteiger charge is 2.43. The third-order valence-corrected chi connectivity index (χ3v) is 8.96. The van der Waals surface area contributed by atoms with Crippen molar-refractivity contribution in [1.29, 1.82) is 5.26 Å². The topological polar surface area (TPSA) is 89.7 Å². The van der Waals surface area contributed by atoms with Crippen LogP contribution in [0.1, 0.15) is 73.6 Å². The molecule has 9 heteroatoms. The highest BCUT2D eigenvalue weighted by molar-refractivity contribution is 7.16. The molecule has 3 atom stereocenters. The first-order chi connectivity index (χ1) is 17.9. The van der Waals surface area contributed by atoms with Crippen LogP contribution >= 0.6 is 11.3 Å². The van der Waals surface area contributed by atoms with Crippen molar-refractivity contribution >= 4 is 28.8 Å². The molecule has 196 valence electrons. The van der Waals surface area contributed by atoms with E-state index in [2.05, 4.69) is 46.3 Å². The predicted octanol–water partition coefficient (Wildman–Crippen LogP) is 4.84. The molecule has 2 aromatic rings. The summed E-state index contributed by atoms with van der Waals surface area (Å²) in [5.74, 6) is 0. The first kappa shape index (κ1) is 25.7. The van der Waals surface area contributed by atoms with Gasteiger partial charge < -0.3 is 15.0 Å². The first-order valence-corrected chi connectivity index (χ1v) is 14.2. The van der Waals surface area contributed by atoms with Crippen molar-refractivity contribution < 1.29 is 4.74 Å². The molecule has 5 rings (SSSR count). The van der Waals surface area contributed by atoms with Crippen LogP contribution in [-0.2, 0) is 12.0 Å². The number of likely N-dealkylation sites (N-methyl/N-ethyl adjacent to an activating group) is 1. The SMILES string of the molecule is C[C@H](Oc1nccc(/C=C2\CCCC3(CCCc4sc(/N=C/N(C)C)c(C#N)c43)N2)n1)[C@@H]1CCCN1C. The monoisotopic (exact) mass is 519 g/mol. The molecule has 0 amide bonds. The van der Waals surface area contributed by atoms with Crippen LogP contribution in [0.15, 0.2) is 23.0 Å². The number of aryl methyl sites for hydroxylation is 1. The Hall–Kier alpha value is -2.96. The highest BCUT2D eigenvalue weighted by Crippen LogP contribution is 2.50. The number of hydrogen-bond donors (Lipinski definition) is 1. The lowest BCUT2D eigenvalue weighted by Gasteiger charge is -2.43. The third-order valence-electron chi connectivity index (χ3n) is 7.80. The number of piperidine rings is 1. The van der Waals surface area contributed by atoms with E-state index in [1.807, 2.05) is 25.1 Å². The maximum absolute atomic E-state index is 10.1. The van der Waals surface area contributed by atoms with Gasteiger partial charge in [0.15, 0.2) is 0 Å². The van der Waals surface area contributed by atoms with Crippen LogP contribution in [0.2, 0.25) is 0 Å². The standard InChI is InChI=1S/C28H37N7OS/c1-19(23-9-7-15-35(23)4)36-27-30-14-11-20(32-27)16-21-8-5-12-28(33-21)13-6-10-24-25(28)22(17-29)26(37-24)31-18-34(2)3/h11,14,16,18-19,23,33H,5-10,12-13,15H2,1-4H3/b21-16+,31-18+/t19-,23-,28?/m0/s1. The fraction of sp³-hybridized carbons (Fsp3) is 0.571. The van der Waals surface area contributed by atoms with Crippen molar-refractivity contribution in [3.05, 3.63) is 39.7 Å². The second-order valence-corrected chi connectivity index (χ2v) is 11.8. The maximum Gasteiger partial charge on any atom is 0.317 e. The highest BCUT2D eigenvalue weighted by atomic mass is 32.1. The summed E-state index contributed by atoms with van der Waals surface area (Å²) in [5, 5.41) is 14.8. The van der Waals surface area contributed by atoms with Gasteiger partial charge in [-0.2, -0.15) is 10.2 Å². The number of rotatable bonds is 6. The minimum atomic E-state index is -0.223. The molecule has 2 saturated heterocycles. The van der Waals surface area contributed by atoms with Crippen LogP contribution in [0, 0.1) is 11.3 Å². The number of nitrogens with zero attached hydrogens (tertiary/aromatic N) is 6. The number of likely N-dealkylation sites (tertiary alicyclic amines) is 1. The van der Waals surface area contributed by atoms with Crippen molar-refractivity contribution in [2.24, 2.45) is 4.99 Å². The summed E-state index contributed by atoms with van der Waals surface area (Å²) in [6.07, 6.45) is 14.2. The van der Waals surface area contributed by atoms with Crippen molar-refractivity contribution in [2.45, 2.75) is 76.0 Å². The van der Waals surface area contributed by atoms with Crippen molar-refractivity contribution in [3.8, 4) is 12.1 Å². The number of ether oxygens (including phenoxy) is 1. The van der Waals surface area contributed by atoms with Gasteiger partial charge in [0.2, 0.25) is 0 Å². The van der Waals surface area contributed by atoms with Gasteiger partial charge in [-0.25, -0.2) is 9.98 Å². The summed E-state index contributed by atoms with van der Waals surface area (Å²) >= 11 is 1.67. The number of aliphatic imine (C=N–C) groups is 1. The van der Waals surface area contributed by atoms with Crippen LogP contribution in [0.3, 0.4) is 0 Å². The summed E-state index contributed by atoms with van der Waals surface area (Å²) in [5.41, 5.74) is 3.67. The van der Waals surface area contributed by atoms with E-state index >= 15 is 0 Å². The van der Waals surface area contributed by atoms with Crippen molar-refractivity contribution in [1.82, 2.24) is 25.1 Å². The summed E-state index contributed by atoms with van der Waals surface area (Å²) in [6.45, 7) is 3.22. The minimum Gasteiger partial charge on any atom is -0.459 e. The van der Waals surface area contributed by atoms with Crippen molar-refractivity contribution in [3.63, 3.8) is 0 Å². The smallest absolute Gasteiger partial charge is 0.317 e. The molecular formula is C28H37N7OS. The van der Waals surface area contributed by atoms with Gasteiger partial charge in [-0.15, -0.1) is 11.3 Å². The minimum absolute atomic E-state index is 0.0412. The Morgan fingerprint density at radius 2 is 2.14 bits per heavy atom. The average molecular weight is 520 g/mol. The molecular weight excluding hydrogens is 482 g/mol. The number of nitriles is 1. The second-order valence-electron chi connectivity index (χ2n) is 10.8. The van der Waals surface area contributed by atoms with E-state index in [-0.39, 0.29) is 11.6 Å². The summed E-state index contributed by atoms with van der Waals surface area (Å²) < 4.78 is 6.16. The molecule has 1 spiro atoms. The zero-order chi connectivity index (χ0) is 26.0. The van der Waals surface area contributed by atoms with Gasteiger partial charge >= 0.3 is 6.01 Å². The molecule has 0 aromatic carbocycles. The Balaban J connectivity index is 1.39. The molecule has 2 aliphatic heterocycles. The quantitative estimate of drug-likeness (QED) is 0.431. The molecule has 37 heavy (non-hydrogen) atoms. The van der Waals surface area contributed by atoms with Crippen LogP contribution in [0.4, 0.5) is 5.00 Å². The van der Waals surface area contributed by atoms with Gasteiger partial charge in [0, 0.05) is 42.5 Å². The number of fused-ring (bicyclic) bond motifs is 2. The average Bonchev–Trinajstić information content (AvgIpc) is 3.47. The van der Waals surface area contributed by atoms with Crippen LogP contribution in [-0.4, -0.2) is 65.9 Å². The fourth-order valence-corrected chi connectivity index (χ4v) is 7.35. The van der Waals surface area contributed by atoms with Crippen LogP contribution in [0.5, 0.6) is 6.01 Å². The van der Waals surface area contributed by atoms with E-state index in [0.717, 1.165) is 73.4 Å². The lowest BCUT2D eigenvalue weighted by Crippen LogP contribution is -2.46. The third kappa shape index (κ3) is 5.36. The Bertz CT molecular complexity index is 1230. The Labute approximate surface area is 224 Å². The van der Waals surface area contributed by atoms with E-state index in [1.165, 1.54) is 16.9 Å². The molecule has 1 aliphatic carbocycles. The normalized spacial score (nSPS) is 25.7. The molecule has 3 aliphatic rings. The van der Waals surface area contributed by atoms with Gasteiger partial charge in [0.05, 0.1) is 23.1 Å². The predicted molar refractivity (Wildman–Crippen MR) is 148 cm³/mol. The maximum atomic E-state index is 10.1. The van der Waals surface area contributed by atoms with Gasteiger partial charge in [0.25, 0.3) is 0 Å². The van der Waals surface area contributed by atoms with E-state index in [4.69, 9.17) is 9.72 Å². The summed E-state index contributed by atoms with van der Waals surface area (Å²) in [7, 11) is 6.05. The fourth-order valence-electron chi connectivity index (χ4n) is 6.13. The summed E-state index contributed by atoms with van der Waals surface area (Å²) in [6, 6.07) is 5.26. The van der Waals surface area contributed by atoms with Crippen LogP contribution < -0.4 is 10.1 Å². The molecule has 1 N–H and O–H groups in total. The van der Waals surface area contributed by atoms with Gasteiger partial charge in [-0.1, -0.05) is 0 Å². The first-order valence-electron chi connectivity index (χ1n) is 13.3. The molecule has 0 saturated carbocycles. The lowest BCUT2D eigenvalue weighted by molar-refractivity contribution is 0.112. The lowest BCUT2D eigenvalue weighted by atomic mass is 9.73. The number of aromatic nitrogens is 2. The molecule has 0 bridgehead atoms. The largest absolute Gasteiger partial charge is 0.459 e. The Kier molecular flexibility index (Phi) is 7.50. The number of allylic oxidation sites excluding steroid dienone is 1. The van der Waals surface area contributed by atoms with Gasteiger partial charge in [-0.3, -0.25) is 4.90 Å². The number of hydrogen-bond acceptors (Lipinski definition) is 8.